The van der Waals surface area contributed by atoms with Crippen LogP contribution in [0.4, 0.5) is 4.39 Å². The molecule has 3 nitrogen and oxygen atoms in total. The molecule has 4 heteroatoms. The SMILES string of the molecule is CCNCc1cc(F)ccc1OC(C#N)CC. The van der Waals surface area contributed by atoms with E-state index in [0.717, 1.165) is 12.1 Å². The molecule has 17 heavy (non-hydrogen) atoms. The van der Waals surface area contributed by atoms with Crippen LogP contribution < -0.4 is 10.1 Å². The predicted octanol–water partition coefficient (Wildman–Crippen LogP) is 2.62. The third-order valence-corrected chi connectivity index (χ3v) is 2.37. The minimum atomic E-state index is -0.485. The Balaban J connectivity index is 2.86. The van der Waals surface area contributed by atoms with Crippen LogP contribution in [0.25, 0.3) is 0 Å². The maximum absolute atomic E-state index is 13.1. The average molecular weight is 236 g/mol. The predicted molar refractivity (Wildman–Crippen MR) is 64.1 cm³/mol. The van der Waals surface area contributed by atoms with E-state index in [9.17, 15) is 4.39 Å². The minimum Gasteiger partial charge on any atom is -0.475 e. The molecule has 1 aromatic rings. The molecular weight excluding hydrogens is 219 g/mol. The zero-order valence-corrected chi connectivity index (χ0v) is 10.2. The molecule has 0 bridgehead atoms. The number of nitrogens with one attached hydrogen (secondary N) is 1. The molecule has 1 N–H and O–H groups in total. The van der Waals surface area contributed by atoms with Crippen molar-refractivity contribution in [3.05, 3.63) is 29.6 Å². The van der Waals surface area contributed by atoms with Crippen LogP contribution in [0.3, 0.4) is 0 Å². The minimum absolute atomic E-state index is 0.296. The zero-order chi connectivity index (χ0) is 12.7. The Kier molecular flexibility index (Phi) is 5.44. The van der Waals surface area contributed by atoms with E-state index < -0.39 is 6.10 Å². The van der Waals surface area contributed by atoms with E-state index in [1.807, 2.05) is 13.8 Å². The molecule has 0 radical (unpaired) electrons. The highest BCUT2D eigenvalue weighted by Gasteiger charge is 2.10. The standard InChI is InChI=1S/C13H17FN2O/c1-3-12(8-15)17-13-6-5-11(14)7-10(13)9-16-4-2/h5-7,12,16H,3-4,9H2,1-2H3. The van der Waals surface area contributed by atoms with E-state index in [4.69, 9.17) is 10.00 Å². The molecule has 0 saturated heterocycles. The Labute approximate surface area is 101 Å². The van der Waals surface area contributed by atoms with Crippen molar-refractivity contribution in [3.63, 3.8) is 0 Å². The average Bonchev–Trinajstić information content (AvgIpc) is 2.35. The second kappa shape index (κ2) is 6.87. The molecule has 92 valence electrons. The van der Waals surface area contributed by atoms with Gasteiger partial charge in [-0.25, -0.2) is 4.39 Å². The Bertz CT molecular complexity index is 401. The van der Waals surface area contributed by atoms with Crippen molar-refractivity contribution in [2.24, 2.45) is 0 Å². The molecule has 0 aliphatic heterocycles. The van der Waals surface area contributed by atoms with Crippen LogP contribution in [0.2, 0.25) is 0 Å². The molecule has 0 aromatic heterocycles. The largest absolute Gasteiger partial charge is 0.475 e. The van der Waals surface area contributed by atoms with Gasteiger partial charge in [-0.3, -0.25) is 0 Å². The van der Waals surface area contributed by atoms with E-state index >= 15 is 0 Å². The summed E-state index contributed by atoms with van der Waals surface area (Å²) in [7, 11) is 0. The fourth-order valence-electron chi connectivity index (χ4n) is 1.42. The molecule has 0 aliphatic carbocycles. The van der Waals surface area contributed by atoms with E-state index in [0.29, 0.717) is 18.7 Å². The van der Waals surface area contributed by atoms with Crippen molar-refractivity contribution in [3.8, 4) is 11.8 Å². The van der Waals surface area contributed by atoms with Gasteiger partial charge in [0.1, 0.15) is 17.6 Å². The molecule has 0 aliphatic rings. The van der Waals surface area contributed by atoms with Gasteiger partial charge in [-0.15, -0.1) is 0 Å². The van der Waals surface area contributed by atoms with Crippen molar-refractivity contribution in [2.45, 2.75) is 32.9 Å². The van der Waals surface area contributed by atoms with Gasteiger partial charge in [0.25, 0.3) is 0 Å². The van der Waals surface area contributed by atoms with Crippen molar-refractivity contribution >= 4 is 0 Å². The monoisotopic (exact) mass is 236 g/mol. The Morgan fingerprint density at radius 2 is 2.24 bits per heavy atom. The van der Waals surface area contributed by atoms with Gasteiger partial charge in [0, 0.05) is 12.1 Å². The van der Waals surface area contributed by atoms with Gasteiger partial charge in [-0.1, -0.05) is 13.8 Å². The summed E-state index contributed by atoms with van der Waals surface area (Å²) in [6.07, 6.45) is 0.120. The van der Waals surface area contributed by atoms with Gasteiger partial charge in [-0.05, 0) is 31.2 Å². The van der Waals surface area contributed by atoms with Gasteiger partial charge in [0.05, 0.1) is 0 Å². The topological polar surface area (TPSA) is 45.0 Å². The van der Waals surface area contributed by atoms with Gasteiger partial charge < -0.3 is 10.1 Å². The molecule has 1 rings (SSSR count). The third-order valence-electron chi connectivity index (χ3n) is 2.37. The molecule has 0 heterocycles. The summed E-state index contributed by atoms with van der Waals surface area (Å²) in [5.41, 5.74) is 0.737. The number of halogens is 1. The molecule has 0 saturated carbocycles. The number of nitrogens with zero attached hydrogens (tertiary/aromatic N) is 1. The van der Waals surface area contributed by atoms with E-state index in [2.05, 4.69) is 11.4 Å². The van der Waals surface area contributed by atoms with Crippen molar-refractivity contribution in [2.75, 3.05) is 6.54 Å². The van der Waals surface area contributed by atoms with E-state index in [1.54, 1.807) is 6.07 Å². The van der Waals surface area contributed by atoms with Gasteiger partial charge in [0.2, 0.25) is 0 Å². The fourth-order valence-corrected chi connectivity index (χ4v) is 1.42. The van der Waals surface area contributed by atoms with Crippen molar-refractivity contribution in [1.29, 1.82) is 5.26 Å². The summed E-state index contributed by atoms with van der Waals surface area (Å²) in [6.45, 7) is 5.18. The Hall–Kier alpha value is -1.60. The molecule has 1 unspecified atom stereocenters. The second-order valence-corrected chi connectivity index (χ2v) is 3.68. The van der Waals surface area contributed by atoms with Crippen LogP contribution >= 0.6 is 0 Å². The van der Waals surface area contributed by atoms with Crippen molar-refractivity contribution in [1.82, 2.24) is 5.32 Å². The van der Waals surface area contributed by atoms with E-state index in [1.165, 1.54) is 12.1 Å². The lowest BCUT2D eigenvalue weighted by atomic mass is 10.2. The number of rotatable bonds is 6. The number of nitriles is 1. The lowest BCUT2D eigenvalue weighted by Gasteiger charge is -2.14. The molecule has 0 spiro atoms. The molecule has 0 fully saturated rings. The first-order chi connectivity index (χ1) is 8.21. The van der Waals surface area contributed by atoms with Gasteiger partial charge >= 0.3 is 0 Å². The normalized spacial score (nSPS) is 11.9. The highest BCUT2D eigenvalue weighted by molar-refractivity contribution is 5.34. The molecular formula is C13H17FN2O. The van der Waals surface area contributed by atoms with Crippen LogP contribution in [-0.4, -0.2) is 12.6 Å². The number of hydrogen-bond acceptors (Lipinski definition) is 3. The van der Waals surface area contributed by atoms with Crippen molar-refractivity contribution < 1.29 is 9.13 Å². The first-order valence-electron chi connectivity index (χ1n) is 5.76. The smallest absolute Gasteiger partial charge is 0.184 e. The lowest BCUT2D eigenvalue weighted by Crippen LogP contribution is -2.17. The third kappa shape index (κ3) is 4.04. The van der Waals surface area contributed by atoms with Crippen LogP contribution in [0, 0.1) is 17.1 Å². The molecule has 0 amide bonds. The summed E-state index contributed by atoms with van der Waals surface area (Å²) < 4.78 is 18.7. The Morgan fingerprint density at radius 1 is 1.47 bits per heavy atom. The quantitative estimate of drug-likeness (QED) is 0.825. The number of benzene rings is 1. The summed E-state index contributed by atoms with van der Waals surface area (Å²) in [5.74, 6) is 0.274. The first-order valence-corrected chi connectivity index (χ1v) is 5.76. The van der Waals surface area contributed by atoms with E-state index in [-0.39, 0.29) is 5.82 Å². The first kappa shape index (κ1) is 13.5. The second-order valence-electron chi connectivity index (χ2n) is 3.68. The number of hydrogen-bond donors (Lipinski definition) is 1. The van der Waals surface area contributed by atoms with Gasteiger partial charge in [-0.2, -0.15) is 5.26 Å². The van der Waals surface area contributed by atoms with Crippen LogP contribution in [-0.2, 0) is 6.54 Å². The maximum atomic E-state index is 13.1. The van der Waals surface area contributed by atoms with Crippen LogP contribution in [0.5, 0.6) is 5.75 Å². The summed E-state index contributed by atoms with van der Waals surface area (Å²) in [4.78, 5) is 0. The summed E-state index contributed by atoms with van der Waals surface area (Å²) in [5, 5.41) is 12.0. The Morgan fingerprint density at radius 3 is 2.82 bits per heavy atom. The highest BCUT2D eigenvalue weighted by Crippen LogP contribution is 2.21. The highest BCUT2D eigenvalue weighted by atomic mass is 19.1. The van der Waals surface area contributed by atoms with Gasteiger partial charge in [0.15, 0.2) is 6.10 Å². The maximum Gasteiger partial charge on any atom is 0.184 e. The molecule has 1 aromatic carbocycles. The fraction of sp³-hybridized carbons (Fsp3) is 0.462. The number of ether oxygens (including phenoxy) is 1. The zero-order valence-electron chi connectivity index (χ0n) is 10.2. The summed E-state index contributed by atoms with van der Waals surface area (Å²) in [6, 6.07) is 6.41. The lowest BCUT2D eigenvalue weighted by molar-refractivity contribution is 0.248. The van der Waals surface area contributed by atoms with Crippen LogP contribution in [0.1, 0.15) is 25.8 Å². The van der Waals surface area contributed by atoms with Crippen LogP contribution in [0.15, 0.2) is 18.2 Å². The summed E-state index contributed by atoms with van der Waals surface area (Å²) >= 11 is 0. The molecule has 1 atom stereocenters.